The first-order chi connectivity index (χ1) is 16.0. The SMILES string of the molecule is COc1ccc(C2C(C(=O)c3ccc(C)cc3)C(=O)C(=O)N2CCC[NH+]2CCOCC2)cc1. The molecule has 0 aliphatic carbocycles. The van der Waals surface area contributed by atoms with Crippen molar-refractivity contribution in [2.24, 2.45) is 5.92 Å². The molecule has 4 rings (SSSR count). The van der Waals surface area contributed by atoms with E-state index in [1.54, 1.807) is 36.3 Å². The molecule has 2 saturated heterocycles. The maximum absolute atomic E-state index is 13.4. The quantitative estimate of drug-likeness (QED) is 0.372. The first-order valence-corrected chi connectivity index (χ1v) is 11.5. The van der Waals surface area contributed by atoms with Crippen molar-refractivity contribution in [2.75, 3.05) is 46.5 Å². The van der Waals surface area contributed by atoms with Crippen LogP contribution in [0.2, 0.25) is 0 Å². The number of carbonyl (C=O) groups is 3. The number of ketones is 2. The highest BCUT2D eigenvalue weighted by Gasteiger charge is 2.51. The predicted octanol–water partition coefficient (Wildman–Crippen LogP) is 1.26. The second-order valence-corrected chi connectivity index (χ2v) is 8.75. The number of Topliss-reactive ketones (excluding diaryl/α,β-unsaturated/α-hetero) is 2. The van der Waals surface area contributed by atoms with Gasteiger partial charge in [-0.25, -0.2) is 0 Å². The number of aryl methyl sites for hydroxylation is 1. The number of rotatable bonds is 8. The van der Waals surface area contributed by atoms with Gasteiger partial charge < -0.3 is 19.3 Å². The molecule has 2 unspecified atom stereocenters. The normalized spacial score (nSPS) is 21.5. The van der Waals surface area contributed by atoms with Crippen LogP contribution in [0.5, 0.6) is 5.75 Å². The summed E-state index contributed by atoms with van der Waals surface area (Å²) in [7, 11) is 1.58. The lowest BCUT2D eigenvalue weighted by Crippen LogP contribution is -3.14. The molecule has 2 aliphatic heterocycles. The molecule has 0 spiro atoms. The van der Waals surface area contributed by atoms with E-state index in [0.717, 1.165) is 50.4 Å². The summed E-state index contributed by atoms with van der Waals surface area (Å²) in [5.74, 6) is -1.88. The van der Waals surface area contributed by atoms with E-state index in [1.807, 2.05) is 31.2 Å². The Balaban J connectivity index is 1.60. The molecule has 1 amide bonds. The van der Waals surface area contributed by atoms with Crippen LogP contribution in [0.25, 0.3) is 0 Å². The number of nitrogens with zero attached hydrogens (tertiary/aromatic N) is 1. The number of morpholine rings is 1. The Labute approximate surface area is 194 Å². The van der Waals surface area contributed by atoms with Crippen molar-refractivity contribution in [3.8, 4) is 5.75 Å². The Bertz CT molecular complexity index is 996. The van der Waals surface area contributed by atoms with E-state index in [9.17, 15) is 14.4 Å². The average molecular weight is 452 g/mol. The van der Waals surface area contributed by atoms with Gasteiger partial charge in [0.1, 0.15) is 24.8 Å². The highest BCUT2D eigenvalue weighted by Crippen LogP contribution is 2.38. The Hall–Kier alpha value is -3.03. The molecule has 2 aromatic carbocycles. The van der Waals surface area contributed by atoms with Gasteiger partial charge in [0.15, 0.2) is 5.78 Å². The standard InChI is InChI=1S/C26H30N2O5/c1-18-4-6-20(7-5-18)24(29)22-23(19-8-10-21(32-2)11-9-19)28(26(31)25(22)30)13-3-12-27-14-16-33-17-15-27/h4-11,22-23H,3,12-17H2,1-2H3/p+1. The van der Waals surface area contributed by atoms with Gasteiger partial charge in [-0.05, 0) is 24.6 Å². The van der Waals surface area contributed by atoms with Gasteiger partial charge in [-0.1, -0.05) is 42.0 Å². The minimum Gasteiger partial charge on any atom is -0.497 e. The van der Waals surface area contributed by atoms with E-state index in [1.165, 1.54) is 4.90 Å². The molecule has 0 bridgehead atoms. The summed E-state index contributed by atoms with van der Waals surface area (Å²) < 4.78 is 10.7. The smallest absolute Gasteiger partial charge is 0.291 e. The third-order valence-corrected chi connectivity index (χ3v) is 6.61. The number of nitrogens with one attached hydrogen (secondary N) is 1. The molecule has 1 N–H and O–H groups in total. The number of carbonyl (C=O) groups excluding carboxylic acids is 3. The van der Waals surface area contributed by atoms with Crippen molar-refractivity contribution in [3.63, 3.8) is 0 Å². The first-order valence-electron chi connectivity index (χ1n) is 11.5. The highest BCUT2D eigenvalue weighted by atomic mass is 16.5. The minimum atomic E-state index is -1.05. The number of amides is 1. The van der Waals surface area contributed by atoms with Gasteiger partial charge in [0.2, 0.25) is 5.78 Å². The molecule has 0 radical (unpaired) electrons. The highest BCUT2D eigenvalue weighted by molar-refractivity contribution is 6.44. The molecular formula is C26H31N2O5+. The number of methoxy groups -OCH3 is 1. The van der Waals surface area contributed by atoms with E-state index in [-0.39, 0.29) is 5.78 Å². The summed E-state index contributed by atoms with van der Waals surface area (Å²) in [6.07, 6.45) is 0.756. The van der Waals surface area contributed by atoms with Crippen LogP contribution in [0, 0.1) is 12.8 Å². The second kappa shape index (κ2) is 10.3. The maximum Gasteiger partial charge on any atom is 0.291 e. The van der Waals surface area contributed by atoms with E-state index in [2.05, 4.69) is 0 Å². The lowest BCUT2D eigenvalue weighted by atomic mass is 9.86. The number of likely N-dealkylation sites (tertiary alicyclic amines) is 1. The molecule has 174 valence electrons. The lowest BCUT2D eigenvalue weighted by Gasteiger charge is -2.29. The van der Waals surface area contributed by atoms with Crippen LogP contribution in [0.3, 0.4) is 0 Å². The van der Waals surface area contributed by atoms with Crippen molar-refractivity contribution in [1.82, 2.24) is 4.90 Å². The molecule has 2 aliphatic rings. The third kappa shape index (κ3) is 4.99. The van der Waals surface area contributed by atoms with Crippen molar-refractivity contribution < 1.29 is 28.8 Å². The molecule has 2 fully saturated rings. The number of hydrogen-bond acceptors (Lipinski definition) is 5. The Morgan fingerprint density at radius 2 is 1.73 bits per heavy atom. The van der Waals surface area contributed by atoms with E-state index >= 15 is 0 Å². The molecule has 7 heteroatoms. The van der Waals surface area contributed by atoms with Crippen molar-refractivity contribution in [3.05, 3.63) is 65.2 Å². The van der Waals surface area contributed by atoms with E-state index in [4.69, 9.17) is 9.47 Å². The molecule has 2 heterocycles. The zero-order valence-corrected chi connectivity index (χ0v) is 19.2. The van der Waals surface area contributed by atoms with Crippen molar-refractivity contribution >= 4 is 17.5 Å². The summed E-state index contributed by atoms with van der Waals surface area (Å²) in [5, 5.41) is 0. The fourth-order valence-electron chi connectivity index (χ4n) is 4.71. The van der Waals surface area contributed by atoms with Crippen LogP contribution in [-0.4, -0.2) is 68.9 Å². The van der Waals surface area contributed by atoms with Gasteiger partial charge in [0.25, 0.3) is 5.91 Å². The Kier molecular flexibility index (Phi) is 7.20. The van der Waals surface area contributed by atoms with Crippen molar-refractivity contribution in [1.29, 1.82) is 0 Å². The minimum absolute atomic E-state index is 0.310. The summed E-state index contributed by atoms with van der Waals surface area (Å²) >= 11 is 0. The Morgan fingerprint density at radius 1 is 1.06 bits per heavy atom. The second-order valence-electron chi connectivity index (χ2n) is 8.75. The van der Waals surface area contributed by atoms with Crippen LogP contribution in [0.15, 0.2) is 48.5 Å². The molecule has 0 saturated carbocycles. The topological polar surface area (TPSA) is 77.4 Å². The summed E-state index contributed by atoms with van der Waals surface area (Å²) in [6.45, 7) is 6.66. The molecule has 33 heavy (non-hydrogen) atoms. The van der Waals surface area contributed by atoms with Gasteiger partial charge in [0.05, 0.1) is 32.9 Å². The predicted molar refractivity (Wildman–Crippen MR) is 122 cm³/mol. The fourth-order valence-corrected chi connectivity index (χ4v) is 4.71. The number of hydrogen-bond donors (Lipinski definition) is 1. The molecule has 7 nitrogen and oxygen atoms in total. The average Bonchev–Trinajstić information content (AvgIpc) is 3.10. The van der Waals surface area contributed by atoms with Gasteiger partial charge in [-0.15, -0.1) is 0 Å². The maximum atomic E-state index is 13.4. The fraction of sp³-hybridized carbons (Fsp3) is 0.423. The van der Waals surface area contributed by atoms with E-state index in [0.29, 0.717) is 17.9 Å². The van der Waals surface area contributed by atoms with Crippen LogP contribution >= 0.6 is 0 Å². The zero-order valence-electron chi connectivity index (χ0n) is 19.2. The Morgan fingerprint density at radius 3 is 2.36 bits per heavy atom. The summed E-state index contributed by atoms with van der Waals surface area (Å²) in [6, 6.07) is 13.8. The van der Waals surface area contributed by atoms with Crippen LogP contribution in [0.4, 0.5) is 0 Å². The first kappa shape index (κ1) is 23.1. The monoisotopic (exact) mass is 451 g/mol. The van der Waals surface area contributed by atoms with Gasteiger partial charge >= 0.3 is 0 Å². The van der Waals surface area contributed by atoms with Gasteiger partial charge in [0, 0.05) is 18.5 Å². The largest absolute Gasteiger partial charge is 0.497 e. The zero-order chi connectivity index (χ0) is 23.4. The molecule has 2 atom stereocenters. The summed E-state index contributed by atoms with van der Waals surface area (Å²) in [4.78, 5) is 42.7. The molecule has 2 aromatic rings. The molecular weight excluding hydrogens is 420 g/mol. The third-order valence-electron chi connectivity index (χ3n) is 6.61. The number of benzene rings is 2. The number of quaternary nitrogens is 1. The molecule has 0 aromatic heterocycles. The van der Waals surface area contributed by atoms with E-state index < -0.39 is 23.7 Å². The lowest BCUT2D eigenvalue weighted by molar-refractivity contribution is -0.908. The van der Waals surface area contributed by atoms with Crippen LogP contribution in [-0.2, 0) is 14.3 Å². The van der Waals surface area contributed by atoms with Gasteiger partial charge in [-0.3, -0.25) is 14.4 Å². The van der Waals surface area contributed by atoms with Crippen molar-refractivity contribution in [2.45, 2.75) is 19.4 Å². The van der Waals surface area contributed by atoms with Crippen LogP contribution in [0.1, 0.15) is 33.9 Å². The summed E-state index contributed by atoms with van der Waals surface area (Å²) in [5.41, 5.74) is 2.24. The van der Waals surface area contributed by atoms with Crippen LogP contribution < -0.4 is 9.64 Å². The van der Waals surface area contributed by atoms with Gasteiger partial charge in [-0.2, -0.15) is 0 Å². The number of ether oxygens (including phenoxy) is 2.